The van der Waals surface area contributed by atoms with Crippen molar-refractivity contribution in [2.24, 2.45) is 10.7 Å². The van der Waals surface area contributed by atoms with Crippen LogP contribution >= 0.6 is 11.8 Å². The number of carbonyl (C=O) groups is 3. The highest BCUT2D eigenvalue weighted by molar-refractivity contribution is 8.18. The third-order valence-corrected chi connectivity index (χ3v) is 5.28. The van der Waals surface area contributed by atoms with Crippen molar-refractivity contribution in [2.75, 3.05) is 11.9 Å². The van der Waals surface area contributed by atoms with Crippen LogP contribution in [0.1, 0.15) is 15.9 Å². The zero-order valence-electron chi connectivity index (χ0n) is 14.2. The molecule has 0 radical (unpaired) electrons. The largest absolute Gasteiger partial charge is 0.366 e. The first-order chi connectivity index (χ1) is 13.0. The lowest BCUT2D eigenvalue weighted by Crippen LogP contribution is -2.23. The number of nitrogens with two attached hydrogens (primary N) is 1. The molecule has 0 unspecified atom stereocenters. The van der Waals surface area contributed by atoms with Crippen LogP contribution in [-0.2, 0) is 9.59 Å². The maximum Gasteiger partial charge on any atom is 0.264 e. The Morgan fingerprint density at radius 3 is 2.59 bits per heavy atom. The van der Waals surface area contributed by atoms with Crippen LogP contribution in [0.5, 0.6) is 0 Å². The molecule has 8 heteroatoms. The van der Waals surface area contributed by atoms with Gasteiger partial charge in [-0.25, -0.2) is 4.99 Å². The highest BCUT2D eigenvalue weighted by Crippen LogP contribution is 2.42. The predicted molar refractivity (Wildman–Crippen MR) is 105 cm³/mol. The van der Waals surface area contributed by atoms with Crippen LogP contribution < -0.4 is 16.0 Å². The Kier molecular flexibility index (Phi) is 4.04. The number of carbonyl (C=O) groups excluding carboxylic acids is 3. The number of nitrogens with zero attached hydrogens (tertiary/aromatic N) is 2. The van der Waals surface area contributed by atoms with E-state index in [9.17, 15) is 14.4 Å². The average Bonchev–Trinajstić information content (AvgIpc) is 3.13. The van der Waals surface area contributed by atoms with Crippen molar-refractivity contribution in [3.05, 3.63) is 64.6 Å². The summed E-state index contributed by atoms with van der Waals surface area (Å²) in [4.78, 5) is 42.9. The van der Waals surface area contributed by atoms with E-state index in [1.165, 1.54) is 4.90 Å². The molecule has 4 rings (SSSR count). The number of thioether (sulfide) groups is 1. The molecular formula is C19H14N4O3S. The van der Waals surface area contributed by atoms with Crippen molar-refractivity contribution < 1.29 is 14.4 Å². The number of nitrogens with one attached hydrogen (secondary N) is 1. The quantitative estimate of drug-likeness (QED) is 0.780. The number of hydrogen-bond acceptors (Lipinski definition) is 5. The van der Waals surface area contributed by atoms with Crippen molar-refractivity contribution in [1.29, 1.82) is 0 Å². The van der Waals surface area contributed by atoms with Gasteiger partial charge in [-0.1, -0.05) is 30.3 Å². The highest BCUT2D eigenvalue weighted by atomic mass is 32.2. The molecule has 7 nitrogen and oxygen atoms in total. The van der Waals surface area contributed by atoms with Crippen molar-refractivity contribution in [3.63, 3.8) is 0 Å². The number of anilines is 1. The third-order valence-electron chi connectivity index (χ3n) is 4.30. The third kappa shape index (κ3) is 2.80. The van der Waals surface area contributed by atoms with E-state index in [1.54, 1.807) is 31.3 Å². The number of likely N-dealkylation sites (N-methyl/N-ethyl adjacent to an activating group) is 1. The van der Waals surface area contributed by atoms with Crippen LogP contribution in [0.25, 0.3) is 5.57 Å². The first-order valence-electron chi connectivity index (χ1n) is 8.06. The van der Waals surface area contributed by atoms with Gasteiger partial charge in [-0.05, 0) is 30.0 Å². The first kappa shape index (κ1) is 17.0. The lowest BCUT2D eigenvalue weighted by Gasteiger charge is -2.08. The fourth-order valence-corrected chi connectivity index (χ4v) is 3.94. The van der Waals surface area contributed by atoms with Crippen LogP contribution in [0.2, 0.25) is 0 Å². The lowest BCUT2D eigenvalue weighted by molar-refractivity contribution is -0.116. The van der Waals surface area contributed by atoms with Gasteiger partial charge in [0.1, 0.15) is 0 Å². The van der Waals surface area contributed by atoms with Gasteiger partial charge in [0, 0.05) is 12.6 Å². The van der Waals surface area contributed by atoms with Gasteiger partial charge in [0.05, 0.1) is 27.4 Å². The number of rotatable bonds is 2. The number of amides is 3. The van der Waals surface area contributed by atoms with Gasteiger partial charge < -0.3 is 16.0 Å². The summed E-state index contributed by atoms with van der Waals surface area (Å²) in [5.41, 5.74) is 7.79. The fourth-order valence-electron chi connectivity index (χ4n) is 3.02. The summed E-state index contributed by atoms with van der Waals surface area (Å²) in [5, 5.41) is 2.94. The minimum absolute atomic E-state index is 0.243. The van der Waals surface area contributed by atoms with Crippen LogP contribution in [0.15, 0.2) is 58.4 Å². The molecule has 2 heterocycles. The Balaban J connectivity index is 1.77. The molecule has 2 aliphatic rings. The van der Waals surface area contributed by atoms with Gasteiger partial charge in [0.25, 0.3) is 17.7 Å². The maximum absolute atomic E-state index is 12.7. The molecule has 134 valence electrons. The van der Waals surface area contributed by atoms with Crippen molar-refractivity contribution in [1.82, 2.24) is 5.32 Å². The molecular weight excluding hydrogens is 364 g/mol. The van der Waals surface area contributed by atoms with Crippen molar-refractivity contribution in [3.8, 4) is 0 Å². The summed E-state index contributed by atoms with van der Waals surface area (Å²) in [7, 11) is 1.67. The van der Waals surface area contributed by atoms with E-state index in [1.807, 2.05) is 24.3 Å². The molecule has 3 amide bonds. The van der Waals surface area contributed by atoms with Crippen LogP contribution in [0, 0.1) is 0 Å². The van der Waals surface area contributed by atoms with Crippen molar-refractivity contribution in [2.45, 2.75) is 0 Å². The molecule has 27 heavy (non-hydrogen) atoms. The standard InChI is InChI=1S/C19H14N4O3S/c1-23-13-9-5-3-7-11(13)14(18(23)26)15-17(25)22-19(27-15)21-12-8-4-2-6-10(12)16(20)24/h2-9H,1H3,(H2,20,24)(H,21,22,25)/b15-14-. The second-order valence-corrected chi connectivity index (χ2v) is 6.94. The van der Waals surface area contributed by atoms with E-state index in [0.717, 1.165) is 17.4 Å². The predicted octanol–water partition coefficient (Wildman–Crippen LogP) is 2.02. The summed E-state index contributed by atoms with van der Waals surface area (Å²) < 4.78 is 0. The van der Waals surface area contributed by atoms with E-state index < -0.39 is 11.8 Å². The summed E-state index contributed by atoms with van der Waals surface area (Å²) in [6.07, 6.45) is 0. The highest BCUT2D eigenvalue weighted by Gasteiger charge is 2.37. The molecule has 0 aromatic heterocycles. The second kappa shape index (κ2) is 6.40. The van der Waals surface area contributed by atoms with Crippen LogP contribution in [-0.4, -0.2) is 29.9 Å². The van der Waals surface area contributed by atoms with E-state index >= 15 is 0 Å². The Hall–Kier alpha value is -3.39. The molecule has 2 aromatic rings. The molecule has 2 aromatic carbocycles. The smallest absolute Gasteiger partial charge is 0.264 e. The molecule has 2 aliphatic heterocycles. The molecule has 0 aliphatic carbocycles. The number of benzene rings is 2. The molecule has 0 atom stereocenters. The topological polar surface area (TPSA) is 105 Å². The first-order valence-corrected chi connectivity index (χ1v) is 8.87. The van der Waals surface area contributed by atoms with E-state index in [0.29, 0.717) is 16.8 Å². The molecule has 1 fully saturated rings. The SMILES string of the molecule is CN1C(=O)/C(=C2\SC(=Nc3ccccc3C(N)=O)NC2=O)c2ccccc21. The average molecular weight is 378 g/mol. The van der Waals surface area contributed by atoms with Crippen molar-refractivity contribution >= 4 is 51.6 Å². The van der Waals surface area contributed by atoms with Gasteiger partial charge in [0.15, 0.2) is 5.17 Å². The van der Waals surface area contributed by atoms with E-state index in [2.05, 4.69) is 10.3 Å². The van der Waals surface area contributed by atoms with Crippen LogP contribution in [0.4, 0.5) is 11.4 Å². The summed E-state index contributed by atoms with van der Waals surface area (Å²) in [6, 6.07) is 13.9. The fraction of sp³-hybridized carbons (Fsp3) is 0.0526. The Morgan fingerprint density at radius 1 is 1.11 bits per heavy atom. The number of primary amides is 1. The van der Waals surface area contributed by atoms with Gasteiger partial charge >= 0.3 is 0 Å². The van der Waals surface area contributed by atoms with Gasteiger partial charge in [0.2, 0.25) is 0 Å². The Morgan fingerprint density at radius 2 is 1.81 bits per heavy atom. The normalized spacial score (nSPS) is 20.2. The summed E-state index contributed by atoms with van der Waals surface area (Å²) in [6.45, 7) is 0. The molecule has 0 spiro atoms. The number of hydrogen-bond donors (Lipinski definition) is 2. The number of aliphatic imine (C=N–C) groups is 1. The minimum Gasteiger partial charge on any atom is -0.366 e. The Labute approximate surface area is 158 Å². The summed E-state index contributed by atoms with van der Waals surface area (Å²) in [5.74, 6) is -1.25. The number of amidine groups is 1. The van der Waals surface area contributed by atoms with Crippen LogP contribution in [0.3, 0.4) is 0 Å². The van der Waals surface area contributed by atoms with Gasteiger partial charge in [-0.3, -0.25) is 14.4 Å². The molecule has 0 bridgehead atoms. The molecule has 1 saturated heterocycles. The second-order valence-electron chi connectivity index (χ2n) is 5.94. The maximum atomic E-state index is 12.7. The zero-order valence-corrected chi connectivity index (χ0v) is 15.0. The van der Waals surface area contributed by atoms with E-state index in [4.69, 9.17) is 5.73 Å². The monoisotopic (exact) mass is 378 g/mol. The number of fused-ring (bicyclic) bond motifs is 1. The zero-order chi connectivity index (χ0) is 19.1. The lowest BCUT2D eigenvalue weighted by atomic mass is 10.1. The van der Waals surface area contributed by atoms with Gasteiger partial charge in [-0.2, -0.15) is 0 Å². The minimum atomic E-state index is -0.607. The molecule has 3 N–H and O–H groups in total. The molecule has 0 saturated carbocycles. The van der Waals surface area contributed by atoms with Gasteiger partial charge in [-0.15, -0.1) is 0 Å². The Bertz CT molecular complexity index is 1070. The summed E-state index contributed by atoms with van der Waals surface area (Å²) >= 11 is 1.07. The number of para-hydroxylation sites is 2. The van der Waals surface area contributed by atoms with E-state index in [-0.39, 0.29) is 21.5 Å².